The first-order valence-electron chi connectivity index (χ1n) is 8.37. The van der Waals surface area contributed by atoms with Crippen molar-refractivity contribution in [2.75, 3.05) is 20.6 Å². The topological polar surface area (TPSA) is 86.7 Å². The minimum atomic E-state index is -3.63. The summed E-state index contributed by atoms with van der Waals surface area (Å²) >= 11 is 0. The summed E-state index contributed by atoms with van der Waals surface area (Å²) in [6, 6.07) is 3.10. The highest BCUT2D eigenvalue weighted by Crippen LogP contribution is 2.26. The second-order valence-corrected chi connectivity index (χ2v) is 9.19. The molecule has 0 aliphatic rings. The van der Waals surface area contributed by atoms with E-state index in [-0.39, 0.29) is 10.8 Å². The molecule has 1 aromatic carbocycles. The predicted octanol–water partition coefficient (Wildman–Crippen LogP) is 2.08. The zero-order chi connectivity index (χ0) is 19.6. The Morgan fingerprint density at radius 3 is 2.32 bits per heavy atom. The van der Waals surface area contributed by atoms with Crippen LogP contribution in [-0.4, -0.2) is 50.5 Å². The molecule has 1 rings (SSSR count). The molecule has 1 amide bonds. The van der Waals surface area contributed by atoms with Crippen molar-refractivity contribution in [2.24, 2.45) is 5.41 Å². The van der Waals surface area contributed by atoms with Gasteiger partial charge in [-0.1, -0.05) is 13.8 Å². The lowest BCUT2D eigenvalue weighted by molar-refractivity contribution is 0.0473. The van der Waals surface area contributed by atoms with Crippen LogP contribution in [0.25, 0.3) is 0 Å². The predicted molar refractivity (Wildman–Crippen MR) is 99.2 cm³/mol. The first kappa shape index (κ1) is 21.6. The number of benzene rings is 1. The van der Waals surface area contributed by atoms with E-state index in [1.54, 1.807) is 26.8 Å². The quantitative estimate of drug-likeness (QED) is 0.769. The first-order valence-corrected chi connectivity index (χ1v) is 9.81. The number of hydrogen-bond donors (Lipinski definition) is 2. The number of amides is 1. The average molecular weight is 371 g/mol. The molecule has 1 aromatic rings. The van der Waals surface area contributed by atoms with Gasteiger partial charge in [0.05, 0.1) is 11.0 Å². The van der Waals surface area contributed by atoms with Gasteiger partial charge in [0.1, 0.15) is 0 Å². The van der Waals surface area contributed by atoms with Crippen molar-refractivity contribution in [1.82, 2.24) is 9.62 Å². The fraction of sp³-hybridized carbons (Fsp3) is 0.611. The Hall–Kier alpha value is -1.44. The van der Waals surface area contributed by atoms with Crippen LogP contribution < -0.4 is 5.32 Å². The minimum Gasteiger partial charge on any atom is -0.393 e. The van der Waals surface area contributed by atoms with Crippen molar-refractivity contribution in [3.05, 3.63) is 28.8 Å². The molecule has 142 valence electrons. The molecule has 7 heteroatoms. The largest absolute Gasteiger partial charge is 0.393 e. The van der Waals surface area contributed by atoms with E-state index < -0.39 is 21.5 Å². The van der Waals surface area contributed by atoms with E-state index in [9.17, 15) is 18.3 Å². The number of rotatable bonds is 7. The second kappa shape index (κ2) is 7.85. The molecule has 0 saturated carbocycles. The Balaban J connectivity index is 3.19. The van der Waals surface area contributed by atoms with Crippen molar-refractivity contribution < 1.29 is 18.3 Å². The molecule has 0 aliphatic heterocycles. The molecule has 0 heterocycles. The van der Waals surface area contributed by atoms with Gasteiger partial charge in [0.25, 0.3) is 5.91 Å². The van der Waals surface area contributed by atoms with Crippen LogP contribution in [0.1, 0.15) is 48.7 Å². The Bertz CT molecular complexity index is 742. The van der Waals surface area contributed by atoms with Crippen LogP contribution in [0.2, 0.25) is 0 Å². The Kier molecular flexibility index (Phi) is 6.78. The summed E-state index contributed by atoms with van der Waals surface area (Å²) in [5, 5.41) is 12.7. The Morgan fingerprint density at radius 1 is 1.32 bits per heavy atom. The molecular weight excluding hydrogens is 340 g/mol. The number of sulfonamides is 1. The summed E-state index contributed by atoms with van der Waals surface area (Å²) < 4.78 is 26.1. The zero-order valence-electron chi connectivity index (χ0n) is 16.2. The SMILES string of the molecule is CC[C@@](C)(CNC(=O)c1cc(C)c(C)c(S(=O)(=O)N(C)C)c1)[C@@H](C)O. The van der Waals surface area contributed by atoms with Gasteiger partial charge >= 0.3 is 0 Å². The van der Waals surface area contributed by atoms with Crippen LogP contribution in [0.15, 0.2) is 17.0 Å². The molecule has 0 fully saturated rings. The molecule has 0 spiro atoms. The fourth-order valence-electron chi connectivity index (χ4n) is 2.38. The van der Waals surface area contributed by atoms with E-state index in [0.717, 1.165) is 9.87 Å². The third-order valence-electron chi connectivity index (χ3n) is 5.11. The normalized spacial score (nSPS) is 15.7. The van der Waals surface area contributed by atoms with Crippen LogP contribution in [0.5, 0.6) is 0 Å². The molecule has 0 aromatic heterocycles. The molecule has 2 atom stereocenters. The lowest BCUT2D eigenvalue weighted by Crippen LogP contribution is -2.42. The van der Waals surface area contributed by atoms with Gasteiger partial charge < -0.3 is 10.4 Å². The highest BCUT2D eigenvalue weighted by atomic mass is 32.2. The number of aliphatic hydroxyl groups is 1. The van der Waals surface area contributed by atoms with Crippen molar-refractivity contribution in [2.45, 2.75) is 52.0 Å². The number of aryl methyl sites for hydroxylation is 1. The molecule has 0 radical (unpaired) electrons. The van der Waals surface area contributed by atoms with Crippen LogP contribution in [-0.2, 0) is 10.0 Å². The van der Waals surface area contributed by atoms with Gasteiger partial charge in [-0.15, -0.1) is 0 Å². The second-order valence-electron chi connectivity index (χ2n) is 7.07. The zero-order valence-corrected chi connectivity index (χ0v) is 17.0. The number of nitrogens with zero attached hydrogens (tertiary/aromatic N) is 1. The molecule has 2 N–H and O–H groups in total. The number of carbonyl (C=O) groups excluding carboxylic acids is 1. The van der Waals surface area contributed by atoms with Crippen molar-refractivity contribution >= 4 is 15.9 Å². The number of carbonyl (C=O) groups is 1. The van der Waals surface area contributed by atoms with Crippen molar-refractivity contribution in [3.8, 4) is 0 Å². The van der Waals surface area contributed by atoms with Crippen molar-refractivity contribution in [3.63, 3.8) is 0 Å². The van der Waals surface area contributed by atoms with Gasteiger partial charge in [-0.25, -0.2) is 12.7 Å². The summed E-state index contributed by atoms with van der Waals surface area (Å²) in [7, 11) is -0.705. The van der Waals surface area contributed by atoms with Gasteiger partial charge in [0.2, 0.25) is 10.0 Å². The molecule has 6 nitrogen and oxygen atoms in total. The molecule has 0 aliphatic carbocycles. The van der Waals surface area contributed by atoms with Gasteiger partial charge in [0.15, 0.2) is 0 Å². The summed E-state index contributed by atoms with van der Waals surface area (Å²) in [5.41, 5.74) is 1.23. The third kappa shape index (κ3) is 4.59. The summed E-state index contributed by atoms with van der Waals surface area (Å²) in [6.07, 6.45) is 0.139. The van der Waals surface area contributed by atoms with E-state index in [1.165, 1.54) is 20.2 Å². The highest BCUT2D eigenvalue weighted by molar-refractivity contribution is 7.89. The van der Waals surface area contributed by atoms with Gasteiger partial charge in [-0.2, -0.15) is 0 Å². The summed E-state index contributed by atoms with van der Waals surface area (Å²) in [6.45, 7) is 9.38. The summed E-state index contributed by atoms with van der Waals surface area (Å²) in [4.78, 5) is 12.7. The average Bonchev–Trinajstić information content (AvgIpc) is 2.53. The molecule has 0 bridgehead atoms. The maximum absolute atomic E-state index is 12.5. The monoisotopic (exact) mass is 370 g/mol. The molecule has 25 heavy (non-hydrogen) atoms. The lowest BCUT2D eigenvalue weighted by Gasteiger charge is -2.31. The molecule has 0 saturated heterocycles. The lowest BCUT2D eigenvalue weighted by atomic mass is 9.82. The summed E-state index contributed by atoms with van der Waals surface area (Å²) in [5.74, 6) is -0.348. The van der Waals surface area contributed by atoms with Crippen LogP contribution in [0, 0.1) is 19.3 Å². The fourth-order valence-corrected chi connectivity index (χ4v) is 3.59. The Morgan fingerprint density at radius 2 is 1.88 bits per heavy atom. The van der Waals surface area contributed by atoms with Crippen LogP contribution in [0.3, 0.4) is 0 Å². The van der Waals surface area contributed by atoms with Crippen LogP contribution >= 0.6 is 0 Å². The first-order chi connectivity index (χ1) is 11.4. The highest BCUT2D eigenvalue weighted by Gasteiger charge is 2.29. The smallest absolute Gasteiger partial charge is 0.251 e. The van der Waals surface area contributed by atoms with E-state index in [1.807, 2.05) is 13.8 Å². The number of hydrogen-bond acceptors (Lipinski definition) is 4. The Labute approximate surface area is 151 Å². The minimum absolute atomic E-state index is 0.136. The standard InChI is InChI=1S/C18H30N2O4S/c1-8-18(5,14(4)21)11-19-17(22)15-9-12(2)13(3)16(10-15)25(23,24)20(6)7/h9-10,14,21H,8,11H2,1-7H3,(H,19,22)/t14-,18+/m1/s1. The van der Waals surface area contributed by atoms with E-state index in [4.69, 9.17) is 0 Å². The maximum atomic E-state index is 12.5. The van der Waals surface area contributed by atoms with E-state index >= 15 is 0 Å². The number of aliphatic hydroxyl groups excluding tert-OH is 1. The van der Waals surface area contributed by atoms with Gasteiger partial charge in [-0.3, -0.25) is 4.79 Å². The van der Waals surface area contributed by atoms with Gasteiger partial charge in [-0.05, 0) is 50.5 Å². The third-order valence-corrected chi connectivity index (χ3v) is 7.05. The van der Waals surface area contributed by atoms with E-state index in [0.29, 0.717) is 24.1 Å². The molecular formula is C18H30N2O4S. The van der Waals surface area contributed by atoms with Crippen LogP contribution in [0.4, 0.5) is 0 Å². The van der Waals surface area contributed by atoms with Crippen molar-refractivity contribution in [1.29, 1.82) is 0 Å². The van der Waals surface area contributed by atoms with E-state index in [2.05, 4.69) is 5.32 Å². The number of nitrogens with one attached hydrogen (secondary N) is 1. The molecule has 0 unspecified atom stereocenters. The maximum Gasteiger partial charge on any atom is 0.251 e. The van der Waals surface area contributed by atoms with Gasteiger partial charge in [0, 0.05) is 31.6 Å².